The molecule has 0 aliphatic rings. The van der Waals surface area contributed by atoms with E-state index in [-0.39, 0.29) is 11.9 Å². The topological polar surface area (TPSA) is 99.9 Å². The van der Waals surface area contributed by atoms with Crippen LogP contribution in [-0.4, -0.2) is 22.1 Å². The number of hydrogen-bond acceptors (Lipinski definition) is 6. The quantitative estimate of drug-likeness (QED) is 0.768. The van der Waals surface area contributed by atoms with E-state index in [1.165, 1.54) is 0 Å². The largest absolute Gasteiger partial charge is 0.497 e. The Morgan fingerprint density at radius 3 is 2.00 bits per heavy atom. The number of nitrogen functional groups attached to an aromatic ring is 2. The summed E-state index contributed by atoms with van der Waals surface area (Å²) in [6.45, 7) is 0. The summed E-state index contributed by atoms with van der Waals surface area (Å²) in [6, 6.07) is 7.27. The normalized spacial score (nSPS) is 10.1. The van der Waals surface area contributed by atoms with Gasteiger partial charge in [0.1, 0.15) is 5.75 Å². The molecule has 4 N–H and O–H groups in total. The highest BCUT2D eigenvalue weighted by Gasteiger charge is 2.04. The van der Waals surface area contributed by atoms with Crippen molar-refractivity contribution in [1.82, 2.24) is 15.0 Å². The molecule has 0 spiro atoms. The van der Waals surface area contributed by atoms with Crippen LogP contribution in [0.5, 0.6) is 5.75 Å². The van der Waals surface area contributed by atoms with Gasteiger partial charge in [0.05, 0.1) is 7.11 Å². The van der Waals surface area contributed by atoms with Gasteiger partial charge in [0, 0.05) is 5.56 Å². The van der Waals surface area contributed by atoms with Gasteiger partial charge >= 0.3 is 0 Å². The van der Waals surface area contributed by atoms with E-state index in [0.29, 0.717) is 5.82 Å². The zero-order valence-corrected chi connectivity index (χ0v) is 8.71. The summed E-state index contributed by atoms with van der Waals surface area (Å²) in [5.74, 6) is 1.43. The van der Waals surface area contributed by atoms with Crippen molar-refractivity contribution >= 4 is 11.9 Å². The number of nitrogens with two attached hydrogens (primary N) is 2. The Morgan fingerprint density at radius 1 is 0.938 bits per heavy atom. The van der Waals surface area contributed by atoms with Crippen molar-refractivity contribution in [1.29, 1.82) is 0 Å². The Labute approximate surface area is 92.3 Å². The molecule has 2 aromatic rings. The van der Waals surface area contributed by atoms with Gasteiger partial charge in [-0.15, -0.1) is 0 Å². The Bertz CT molecular complexity index is 477. The number of ether oxygens (including phenoxy) is 1. The van der Waals surface area contributed by atoms with Crippen molar-refractivity contribution in [3.8, 4) is 17.1 Å². The molecule has 0 saturated carbocycles. The van der Waals surface area contributed by atoms with Gasteiger partial charge in [-0.25, -0.2) is 0 Å². The van der Waals surface area contributed by atoms with E-state index in [0.717, 1.165) is 11.3 Å². The first-order valence-corrected chi connectivity index (χ1v) is 4.60. The third kappa shape index (κ3) is 2.00. The minimum atomic E-state index is 0.110. The van der Waals surface area contributed by atoms with Crippen LogP contribution in [0.4, 0.5) is 11.9 Å². The van der Waals surface area contributed by atoms with E-state index >= 15 is 0 Å². The molecule has 0 amide bonds. The smallest absolute Gasteiger partial charge is 0.225 e. The number of aromatic nitrogens is 3. The maximum atomic E-state index is 5.49. The predicted molar refractivity (Wildman–Crippen MR) is 60.6 cm³/mol. The van der Waals surface area contributed by atoms with Crippen molar-refractivity contribution in [2.45, 2.75) is 0 Å². The summed E-state index contributed by atoms with van der Waals surface area (Å²) in [6.07, 6.45) is 0. The summed E-state index contributed by atoms with van der Waals surface area (Å²) in [4.78, 5) is 11.7. The molecule has 0 unspecified atom stereocenters. The Hall–Kier alpha value is -2.37. The monoisotopic (exact) mass is 217 g/mol. The maximum absolute atomic E-state index is 5.49. The van der Waals surface area contributed by atoms with Crippen LogP contribution < -0.4 is 16.2 Å². The first-order chi connectivity index (χ1) is 7.69. The molecule has 1 aromatic heterocycles. The summed E-state index contributed by atoms with van der Waals surface area (Å²) in [5, 5.41) is 0. The molecule has 0 bridgehead atoms. The second-order valence-corrected chi connectivity index (χ2v) is 3.10. The van der Waals surface area contributed by atoms with Crippen LogP contribution in [0, 0.1) is 0 Å². The zero-order valence-electron chi connectivity index (χ0n) is 8.71. The van der Waals surface area contributed by atoms with Crippen LogP contribution in [0.1, 0.15) is 0 Å². The van der Waals surface area contributed by atoms with Gasteiger partial charge in [0.25, 0.3) is 0 Å². The summed E-state index contributed by atoms with van der Waals surface area (Å²) in [5.41, 5.74) is 11.8. The van der Waals surface area contributed by atoms with Crippen molar-refractivity contribution < 1.29 is 4.74 Å². The fourth-order valence-corrected chi connectivity index (χ4v) is 1.28. The molecule has 0 aliphatic carbocycles. The van der Waals surface area contributed by atoms with Crippen molar-refractivity contribution in [3.63, 3.8) is 0 Å². The van der Waals surface area contributed by atoms with Gasteiger partial charge in [-0.3, -0.25) is 0 Å². The number of anilines is 2. The van der Waals surface area contributed by atoms with Gasteiger partial charge in [-0.05, 0) is 24.3 Å². The zero-order chi connectivity index (χ0) is 11.5. The third-order valence-corrected chi connectivity index (χ3v) is 2.02. The highest BCUT2D eigenvalue weighted by Crippen LogP contribution is 2.19. The van der Waals surface area contributed by atoms with E-state index in [1.807, 2.05) is 24.3 Å². The molecule has 6 heteroatoms. The van der Waals surface area contributed by atoms with Gasteiger partial charge in [-0.1, -0.05) is 0 Å². The lowest BCUT2D eigenvalue weighted by Gasteiger charge is -2.03. The predicted octanol–water partition coefficient (Wildman–Crippen LogP) is 0.712. The fourth-order valence-electron chi connectivity index (χ4n) is 1.28. The van der Waals surface area contributed by atoms with Crippen molar-refractivity contribution in [2.75, 3.05) is 18.6 Å². The minimum Gasteiger partial charge on any atom is -0.497 e. The molecule has 0 aliphatic heterocycles. The molecule has 1 heterocycles. The molecular formula is C10H11N5O. The van der Waals surface area contributed by atoms with Gasteiger partial charge in [0.2, 0.25) is 11.9 Å². The lowest BCUT2D eigenvalue weighted by atomic mass is 10.2. The van der Waals surface area contributed by atoms with E-state index in [9.17, 15) is 0 Å². The molecule has 16 heavy (non-hydrogen) atoms. The summed E-state index contributed by atoms with van der Waals surface area (Å²) >= 11 is 0. The second kappa shape index (κ2) is 4.01. The average molecular weight is 217 g/mol. The van der Waals surface area contributed by atoms with Crippen LogP contribution >= 0.6 is 0 Å². The number of rotatable bonds is 2. The average Bonchev–Trinajstić information content (AvgIpc) is 2.28. The lowest BCUT2D eigenvalue weighted by molar-refractivity contribution is 0.415. The molecule has 0 atom stereocenters. The highest BCUT2D eigenvalue weighted by molar-refractivity contribution is 5.58. The lowest BCUT2D eigenvalue weighted by Crippen LogP contribution is -2.04. The third-order valence-electron chi connectivity index (χ3n) is 2.02. The molecule has 1 aromatic carbocycles. The Kier molecular flexibility index (Phi) is 2.55. The van der Waals surface area contributed by atoms with Crippen LogP contribution in [0.15, 0.2) is 24.3 Å². The molecule has 82 valence electrons. The van der Waals surface area contributed by atoms with Crippen molar-refractivity contribution in [3.05, 3.63) is 24.3 Å². The summed E-state index contributed by atoms with van der Waals surface area (Å²) < 4.78 is 5.05. The number of methoxy groups -OCH3 is 1. The van der Waals surface area contributed by atoms with Crippen LogP contribution in [0.3, 0.4) is 0 Å². The van der Waals surface area contributed by atoms with Gasteiger partial charge < -0.3 is 16.2 Å². The molecule has 0 fully saturated rings. The van der Waals surface area contributed by atoms with E-state index < -0.39 is 0 Å². The number of benzene rings is 1. The van der Waals surface area contributed by atoms with Crippen LogP contribution in [0.25, 0.3) is 11.4 Å². The second-order valence-electron chi connectivity index (χ2n) is 3.10. The van der Waals surface area contributed by atoms with Crippen LogP contribution in [0.2, 0.25) is 0 Å². The highest BCUT2D eigenvalue weighted by atomic mass is 16.5. The van der Waals surface area contributed by atoms with Crippen LogP contribution in [-0.2, 0) is 0 Å². The van der Waals surface area contributed by atoms with E-state index in [2.05, 4.69) is 15.0 Å². The molecule has 0 radical (unpaired) electrons. The molecular weight excluding hydrogens is 206 g/mol. The van der Waals surface area contributed by atoms with Crippen molar-refractivity contribution in [2.24, 2.45) is 0 Å². The number of nitrogens with zero attached hydrogens (tertiary/aromatic N) is 3. The Morgan fingerprint density at radius 2 is 1.50 bits per heavy atom. The van der Waals surface area contributed by atoms with Gasteiger partial charge in [0.15, 0.2) is 5.82 Å². The molecule has 0 saturated heterocycles. The SMILES string of the molecule is COc1ccc(-c2nc(N)nc(N)n2)cc1. The molecule has 6 nitrogen and oxygen atoms in total. The minimum absolute atomic E-state index is 0.110. The first kappa shape index (κ1) is 10.2. The van der Waals surface area contributed by atoms with Gasteiger partial charge in [-0.2, -0.15) is 15.0 Å². The standard InChI is InChI=1S/C10H11N5O/c1-16-7-4-2-6(3-5-7)8-13-9(11)15-10(12)14-8/h2-5H,1H3,(H4,11,12,13,14,15). The number of hydrogen-bond donors (Lipinski definition) is 2. The fraction of sp³-hybridized carbons (Fsp3) is 0.100. The maximum Gasteiger partial charge on any atom is 0.225 e. The summed E-state index contributed by atoms with van der Waals surface area (Å²) in [7, 11) is 1.61. The molecule has 2 rings (SSSR count). The van der Waals surface area contributed by atoms with E-state index in [1.54, 1.807) is 7.11 Å². The first-order valence-electron chi connectivity index (χ1n) is 4.60. The van der Waals surface area contributed by atoms with E-state index in [4.69, 9.17) is 16.2 Å². The Balaban J connectivity index is 2.42.